The van der Waals surface area contributed by atoms with Gasteiger partial charge in [0.05, 0.1) is 4.47 Å². The molecule has 3 aromatic carbocycles. The van der Waals surface area contributed by atoms with Crippen LogP contribution in [-0.2, 0) is 16.1 Å². The van der Waals surface area contributed by atoms with Crippen LogP contribution in [0.4, 0.5) is 0 Å². The summed E-state index contributed by atoms with van der Waals surface area (Å²) in [6.07, 6.45) is 4.28. The van der Waals surface area contributed by atoms with E-state index in [-0.39, 0.29) is 24.5 Å². The van der Waals surface area contributed by atoms with Gasteiger partial charge in [-0.2, -0.15) is 0 Å². The number of hydrogen-bond donors (Lipinski definition) is 1. The molecule has 34 heavy (non-hydrogen) atoms. The molecule has 1 atom stereocenters. The van der Waals surface area contributed by atoms with E-state index in [9.17, 15) is 9.59 Å². The van der Waals surface area contributed by atoms with Gasteiger partial charge in [-0.15, -0.1) is 0 Å². The van der Waals surface area contributed by atoms with Crippen LogP contribution in [0.25, 0.3) is 10.8 Å². The monoisotopic (exact) mass is 522 g/mol. The first-order chi connectivity index (χ1) is 16.4. The summed E-state index contributed by atoms with van der Waals surface area (Å²) in [4.78, 5) is 28.0. The normalized spacial score (nSPS) is 14.7. The van der Waals surface area contributed by atoms with Crippen LogP contribution in [0.5, 0.6) is 5.75 Å². The molecule has 0 heterocycles. The third-order valence-electron chi connectivity index (χ3n) is 6.48. The minimum atomic E-state index is -0.600. The minimum absolute atomic E-state index is 0.111. The smallest absolute Gasteiger partial charge is 0.261 e. The van der Waals surface area contributed by atoms with Gasteiger partial charge in [0.25, 0.3) is 5.91 Å². The Morgan fingerprint density at radius 1 is 1.09 bits per heavy atom. The fourth-order valence-electron chi connectivity index (χ4n) is 4.53. The van der Waals surface area contributed by atoms with E-state index in [0.29, 0.717) is 12.3 Å². The third-order valence-corrected chi connectivity index (χ3v) is 7.30. The number of hydrogen-bond acceptors (Lipinski definition) is 3. The number of fused-ring (bicyclic) bond motifs is 1. The molecule has 6 heteroatoms. The van der Waals surface area contributed by atoms with Gasteiger partial charge in [0, 0.05) is 12.6 Å². The van der Waals surface area contributed by atoms with Crippen LogP contribution in [0, 0.1) is 6.92 Å². The summed E-state index contributed by atoms with van der Waals surface area (Å²) in [7, 11) is 0. The predicted octanol–water partition coefficient (Wildman–Crippen LogP) is 5.77. The van der Waals surface area contributed by atoms with Crippen LogP contribution in [0.3, 0.4) is 0 Å². The molecule has 0 unspecified atom stereocenters. The summed E-state index contributed by atoms with van der Waals surface area (Å²) >= 11 is 3.62. The Morgan fingerprint density at radius 3 is 2.62 bits per heavy atom. The van der Waals surface area contributed by atoms with Crippen LogP contribution in [0.15, 0.2) is 65.1 Å². The van der Waals surface area contributed by atoms with Gasteiger partial charge in [0.2, 0.25) is 5.91 Å². The molecule has 0 radical (unpaired) electrons. The first-order valence-electron chi connectivity index (χ1n) is 11.9. The Kier molecular flexibility index (Phi) is 7.88. The lowest BCUT2D eigenvalue weighted by molar-refractivity contribution is -0.142. The number of amides is 2. The van der Waals surface area contributed by atoms with Crippen molar-refractivity contribution in [3.8, 4) is 5.75 Å². The Labute approximate surface area is 209 Å². The van der Waals surface area contributed by atoms with Crippen LogP contribution in [-0.4, -0.2) is 35.4 Å². The minimum Gasteiger partial charge on any atom is -0.483 e. The average Bonchev–Trinajstić information content (AvgIpc) is 3.35. The Morgan fingerprint density at radius 2 is 1.85 bits per heavy atom. The van der Waals surface area contributed by atoms with Gasteiger partial charge in [-0.3, -0.25) is 9.59 Å². The van der Waals surface area contributed by atoms with E-state index in [1.165, 1.54) is 0 Å². The summed E-state index contributed by atoms with van der Waals surface area (Å²) in [6, 6.07) is 19.5. The highest BCUT2D eigenvalue weighted by molar-refractivity contribution is 9.10. The van der Waals surface area contributed by atoms with Crippen molar-refractivity contribution in [3.63, 3.8) is 0 Å². The lowest BCUT2D eigenvalue weighted by Crippen LogP contribution is -2.50. The maximum Gasteiger partial charge on any atom is 0.261 e. The number of nitrogens with one attached hydrogen (secondary N) is 1. The van der Waals surface area contributed by atoms with Gasteiger partial charge in [0.1, 0.15) is 11.8 Å². The lowest BCUT2D eigenvalue weighted by Gasteiger charge is -2.30. The maximum absolute atomic E-state index is 13.4. The molecule has 1 aliphatic carbocycles. The Hall–Kier alpha value is -2.86. The van der Waals surface area contributed by atoms with E-state index < -0.39 is 6.04 Å². The van der Waals surface area contributed by atoms with Gasteiger partial charge in [-0.25, -0.2) is 0 Å². The SMILES string of the molecule is Cc1cccc(CN(C(=O)COc2ccc3ccccc3c2Br)[C@H](C)C(=O)NC2CCCC2)c1. The molecule has 0 spiro atoms. The molecular formula is C28H31BrN2O3. The molecule has 5 nitrogen and oxygen atoms in total. The molecule has 1 N–H and O–H groups in total. The quantitative estimate of drug-likeness (QED) is 0.408. The summed E-state index contributed by atoms with van der Waals surface area (Å²) in [5.74, 6) is 0.265. The van der Waals surface area contributed by atoms with Gasteiger partial charge in [0.15, 0.2) is 6.61 Å². The number of aryl methyl sites for hydroxylation is 1. The zero-order valence-electron chi connectivity index (χ0n) is 19.7. The fourth-order valence-corrected chi connectivity index (χ4v) is 5.14. The molecular weight excluding hydrogens is 492 g/mol. The molecule has 0 bridgehead atoms. The van der Waals surface area contributed by atoms with Crippen LogP contribution in [0.2, 0.25) is 0 Å². The highest BCUT2D eigenvalue weighted by atomic mass is 79.9. The highest BCUT2D eigenvalue weighted by Gasteiger charge is 2.29. The molecule has 1 saturated carbocycles. The van der Waals surface area contributed by atoms with Crippen molar-refractivity contribution in [1.29, 1.82) is 0 Å². The van der Waals surface area contributed by atoms with Crippen LogP contribution in [0.1, 0.15) is 43.7 Å². The van der Waals surface area contributed by atoms with Crippen LogP contribution >= 0.6 is 15.9 Å². The van der Waals surface area contributed by atoms with Gasteiger partial charge in [-0.05, 0) is 65.0 Å². The highest BCUT2D eigenvalue weighted by Crippen LogP contribution is 2.33. The van der Waals surface area contributed by atoms with Gasteiger partial charge in [-0.1, -0.05) is 73.0 Å². The topological polar surface area (TPSA) is 58.6 Å². The second-order valence-electron chi connectivity index (χ2n) is 9.06. The predicted molar refractivity (Wildman–Crippen MR) is 139 cm³/mol. The number of nitrogens with zero attached hydrogens (tertiary/aromatic N) is 1. The van der Waals surface area contributed by atoms with Crippen molar-refractivity contribution in [2.24, 2.45) is 0 Å². The van der Waals surface area contributed by atoms with E-state index >= 15 is 0 Å². The van der Waals surface area contributed by atoms with E-state index in [1.807, 2.05) is 67.6 Å². The number of carbonyl (C=O) groups excluding carboxylic acids is 2. The first kappa shape index (κ1) is 24.3. The van der Waals surface area contributed by atoms with Gasteiger partial charge >= 0.3 is 0 Å². The zero-order valence-corrected chi connectivity index (χ0v) is 21.3. The average molecular weight is 523 g/mol. The summed E-state index contributed by atoms with van der Waals surface area (Å²) in [6.45, 7) is 4.02. The van der Waals surface area contributed by atoms with Crippen LogP contribution < -0.4 is 10.1 Å². The largest absolute Gasteiger partial charge is 0.483 e. The van der Waals surface area contributed by atoms with Crippen molar-refractivity contribution in [2.75, 3.05) is 6.61 Å². The molecule has 0 saturated heterocycles. The second-order valence-corrected chi connectivity index (χ2v) is 9.86. The molecule has 0 aliphatic heterocycles. The van der Waals surface area contributed by atoms with Crippen molar-refractivity contribution < 1.29 is 14.3 Å². The summed E-state index contributed by atoms with van der Waals surface area (Å²) in [5, 5.41) is 5.24. The Bertz CT molecular complexity index is 1170. The molecule has 178 valence electrons. The zero-order chi connectivity index (χ0) is 24.1. The standard InChI is InChI=1S/C28H31BrN2O3/c1-19-8-7-9-21(16-19)17-31(20(2)28(33)30-23-11-4-5-12-23)26(32)18-34-25-15-14-22-10-3-6-13-24(22)27(25)29/h3,6-10,13-16,20,23H,4-5,11-12,17-18H2,1-2H3,(H,30,33)/t20-/m1/s1. The number of ether oxygens (including phenoxy) is 1. The Balaban J connectivity index is 1.50. The van der Waals surface area contributed by atoms with Gasteiger partial charge < -0.3 is 15.0 Å². The fraction of sp³-hybridized carbons (Fsp3) is 0.357. The first-order valence-corrected chi connectivity index (χ1v) is 12.7. The molecule has 1 fully saturated rings. The third kappa shape index (κ3) is 5.79. The number of rotatable bonds is 8. The summed E-state index contributed by atoms with van der Waals surface area (Å²) in [5.41, 5.74) is 2.10. The molecule has 1 aliphatic rings. The molecule has 4 rings (SSSR count). The molecule has 2 amide bonds. The molecule has 0 aromatic heterocycles. The van der Waals surface area contributed by atoms with Crippen molar-refractivity contribution in [1.82, 2.24) is 10.2 Å². The van der Waals surface area contributed by atoms with Crippen molar-refractivity contribution >= 4 is 38.5 Å². The molecule has 3 aromatic rings. The lowest BCUT2D eigenvalue weighted by atomic mass is 10.1. The number of carbonyl (C=O) groups is 2. The summed E-state index contributed by atoms with van der Waals surface area (Å²) < 4.78 is 6.76. The second kappa shape index (κ2) is 11.0. The van der Waals surface area contributed by atoms with E-state index in [2.05, 4.69) is 21.2 Å². The van der Waals surface area contributed by atoms with Crippen molar-refractivity contribution in [2.45, 2.75) is 58.2 Å². The van der Waals surface area contributed by atoms with Crippen molar-refractivity contribution in [3.05, 3.63) is 76.3 Å². The van der Waals surface area contributed by atoms with E-state index in [4.69, 9.17) is 4.74 Å². The van der Waals surface area contributed by atoms with E-state index in [1.54, 1.807) is 11.8 Å². The number of halogens is 1. The maximum atomic E-state index is 13.4. The number of benzene rings is 3. The van der Waals surface area contributed by atoms with E-state index in [0.717, 1.165) is 52.1 Å².